The molecule has 2 N–H and O–H groups in total. The van der Waals surface area contributed by atoms with Crippen molar-refractivity contribution in [3.63, 3.8) is 0 Å². The lowest BCUT2D eigenvalue weighted by molar-refractivity contribution is 0.355. The molecular formula is C20H17N7O2. The van der Waals surface area contributed by atoms with Crippen molar-refractivity contribution in [2.45, 2.75) is 0 Å². The molecule has 29 heavy (non-hydrogen) atoms. The Bertz CT molecular complexity index is 1330. The minimum Gasteiger partial charge on any atom is -0.493 e. The highest BCUT2D eigenvalue weighted by atomic mass is 16.5. The van der Waals surface area contributed by atoms with Crippen molar-refractivity contribution in [3.8, 4) is 22.9 Å². The van der Waals surface area contributed by atoms with Gasteiger partial charge in [0.15, 0.2) is 23.0 Å². The number of hydrogen-bond acceptors (Lipinski definition) is 7. The van der Waals surface area contributed by atoms with Crippen molar-refractivity contribution < 1.29 is 9.47 Å². The quantitative estimate of drug-likeness (QED) is 0.476. The maximum Gasteiger partial charge on any atom is 0.180 e. The molecule has 0 aliphatic rings. The number of aromatic nitrogens is 6. The van der Waals surface area contributed by atoms with E-state index >= 15 is 0 Å². The molecule has 0 aliphatic heterocycles. The van der Waals surface area contributed by atoms with E-state index in [9.17, 15) is 0 Å². The van der Waals surface area contributed by atoms with Crippen molar-refractivity contribution in [1.29, 1.82) is 0 Å². The Kier molecular flexibility index (Phi) is 3.98. The number of anilines is 2. The van der Waals surface area contributed by atoms with Crippen LogP contribution in [0.3, 0.4) is 0 Å². The molecule has 5 aromatic rings. The van der Waals surface area contributed by atoms with Crippen LogP contribution in [0.4, 0.5) is 11.5 Å². The van der Waals surface area contributed by atoms with Crippen LogP contribution in [0.2, 0.25) is 0 Å². The number of H-pyrrole nitrogens is 1. The molecule has 4 heterocycles. The number of benzene rings is 1. The number of ether oxygens (including phenoxy) is 2. The number of hydrogen-bond donors (Lipinski definition) is 2. The van der Waals surface area contributed by atoms with Crippen LogP contribution >= 0.6 is 0 Å². The van der Waals surface area contributed by atoms with Gasteiger partial charge in [-0.3, -0.25) is 4.98 Å². The zero-order chi connectivity index (χ0) is 19.8. The Morgan fingerprint density at radius 2 is 1.90 bits per heavy atom. The van der Waals surface area contributed by atoms with Gasteiger partial charge < -0.3 is 24.2 Å². The Morgan fingerprint density at radius 1 is 1.00 bits per heavy atom. The molecule has 0 aliphatic carbocycles. The SMILES string of the molecule is COc1ccc(Nc2nc(-c3cc4[nH]cnc4cn3)cn3ccnc23)cc1OC. The van der Waals surface area contributed by atoms with Crippen LogP contribution in [0.25, 0.3) is 28.1 Å². The standard InChI is InChI=1S/C20H17N7O2/c1-28-17-4-3-12(7-18(17)29-2)25-19-20-21-5-6-27(20)10-16(26-19)14-8-13-15(9-22-14)24-11-23-13/h3-11H,1-2H3,(H,23,24)(H,25,26). The molecule has 1 aromatic carbocycles. The van der Waals surface area contributed by atoms with Gasteiger partial charge in [0.1, 0.15) is 11.2 Å². The van der Waals surface area contributed by atoms with Crippen LogP contribution in [0.15, 0.2) is 55.4 Å². The fraction of sp³-hybridized carbons (Fsp3) is 0.100. The summed E-state index contributed by atoms with van der Waals surface area (Å²) in [7, 11) is 3.21. The van der Waals surface area contributed by atoms with Crippen molar-refractivity contribution in [1.82, 2.24) is 29.3 Å². The van der Waals surface area contributed by atoms with Gasteiger partial charge in [0.05, 0.1) is 38.0 Å². The summed E-state index contributed by atoms with van der Waals surface area (Å²) in [6, 6.07) is 7.50. The number of imidazole rings is 2. The molecule has 0 unspecified atom stereocenters. The largest absolute Gasteiger partial charge is 0.493 e. The fourth-order valence-corrected chi connectivity index (χ4v) is 3.17. The van der Waals surface area contributed by atoms with Gasteiger partial charge in [-0.15, -0.1) is 0 Å². The number of nitrogens with one attached hydrogen (secondary N) is 2. The maximum atomic E-state index is 5.39. The first-order chi connectivity index (χ1) is 14.2. The molecule has 0 spiro atoms. The van der Waals surface area contributed by atoms with Gasteiger partial charge in [-0.2, -0.15) is 0 Å². The third-order valence-corrected chi connectivity index (χ3v) is 4.59. The van der Waals surface area contributed by atoms with Gasteiger partial charge in [0.25, 0.3) is 0 Å². The number of fused-ring (bicyclic) bond motifs is 2. The number of aromatic amines is 1. The normalized spacial score (nSPS) is 11.1. The van der Waals surface area contributed by atoms with Crippen LogP contribution in [-0.4, -0.2) is 43.5 Å². The Labute approximate surface area is 165 Å². The molecular weight excluding hydrogens is 370 g/mol. The lowest BCUT2D eigenvalue weighted by atomic mass is 10.2. The predicted molar refractivity (Wildman–Crippen MR) is 109 cm³/mol. The average Bonchev–Trinajstić information content (AvgIpc) is 3.42. The molecule has 0 saturated heterocycles. The zero-order valence-electron chi connectivity index (χ0n) is 15.7. The van der Waals surface area contributed by atoms with Crippen LogP contribution in [0, 0.1) is 0 Å². The minimum atomic E-state index is 0.603. The van der Waals surface area contributed by atoms with Gasteiger partial charge in [-0.1, -0.05) is 0 Å². The minimum absolute atomic E-state index is 0.603. The third kappa shape index (κ3) is 2.98. The van der Waals surface area contributed by atoms with E-state index in [1.165, 1.54) is 0 Å². The summed E-state index contributed by atoms with van der Waals surface area (Å²) in [5, 5.41) is 3.32. The topological polar surface area (TPSA) is 102 Å². The smallest absolute Gasteiger partial charge is 0.180 e. The van der Waals surface area contributed by atoms with Crippen LogP contribution in [-0.2, 0) is 0 Å². The van der Waals surface area contributed by atoms with E-state index in [2.05, 4.69) is 25.3 Å². The first-order valence-corrected chi connectivity index (χ1v) is 8.87. The molecule has 9 nitrogen and oxygen atoms in total. The molecule has 0 bridgehead atoms. The Morgan fingerprint density at radius 3 is 2.76 bits per heavy atom. The van der Waals surface area contributed by atoms with Crippen LogP contribution < -0.4 is 14.8 Å². The second kappa shape index (κ2) is 6.79. The number of pyridine rings is 1. The third-order valence-electron chi connectivity index (χ3n) is 4.59. The first kappa shape index (κ1) is 17.0. The first-order valence-electron chi connectivity index (χ1n) is 8.87. The molecule has 0 fully saturated rings. The molecule has 4 aromatic heterocycles. The van der Waals surface area contributed by atoms with E-state index in [0.717, 1.165) is 22.4 Å². The summed E-state index contributed by atoms with van der Waals surface area (Å²) in [6.07, 6.45) is 8.86. The van der Waals surface area contributed by atoms with E-state index in [0.29, 0.717) is 28.7 Å². The second-order valence-corrected chi connectivity index (χ2v) is 6.32. The summed E-state index contributed by atoms with van der Waals surface area (Å²) in [5.74, 6) is 1.88. The number of rotatable bonds is 5. The lowest BCUT2D eigenvalue weighted by Gasteiger charge is -2.12. The zero-order valence-corrected chi connectivity index (χ0v) is 15.7. The van der Waals surface area contributed by atoms with Crippen molar-refractivity contribution in [3.05, 3.63) is 55.4 Å². The summed E-state index contributed by atoms with van der Waals surface area (Å²) in [4.78, 5) is 21.0. The van der Waals surface area contributed by atoms with E-state index in [-0.39, 0.29) is 0 Å². The highest BCUT2D eigenvalue weighted by Gasteiger charge is 2.13. The Hall–Kier alpha value is -4.14. The molecule has 0 saturated carbocycles. The van der Waals surface area contributed by atoms with Crippen molar-refractivity contribution in [2.75, 3.05) is 19.5 Å². The summed E-state index contributed by atoms with van der Waals surface area (Å²) < 4.78 is 12.6. The molecule has 9 heteroatoms. The van der Waals surface area contributed by atoms with Gasteiger partial charge in [0, 0.05) is 30.3 Å². The van der Waals surface area contributed by atoms with Crippen molar-refractivity contribution in [2.24, 2.45) is 0 Å². The summed E-state index contributed by atoms with van der Waals surface area (Å²) in [5.41, 5.74) is 4.64. The van der Waals surface area contributed by atoms with Crippen LogP contribution in [0.5, 0.6) is 11.5 Å². The molecule has 0 atom stereocenters. The van der Waals surface area contributed by atoms with E-state index in [4.69, 9.17) is 14.5 Å². The average molecular weight is 387 g/mol. The van der Waals surface area contributed by atoms with E-state index in [1.54, 1.807) is 32.9 Å². The number of methoxy groups -OCH3 is 2. The Balaban J connectivity index is 1.59. The second-order valence-electron chi connectivity index (χ2n) is 6.32. The monoisotopic (exact) mass is 387 g/mol. The summed E-state index contributed by atoms with van der Waals surface area (Å²) >= 11 is 0. The molecule has 5 rings (SSSR count). The predicted octanol–water partition coefficient (Wildman–Crippen LogP) is 3.43. The summed E-state index contributed by atoms with van der Waals surface area (Å²) in [6.45, 7) is 0. The van der Waals surface area contributed by atoms with Gasteiger partial charge >= 0.3 is 0 Å². The van der Waals surface area contributed by atoms with Crippen molar-refractivity contribution >= 4 is 28.2 Å². The number of nitrogens with zero attached hydrogens (tertiary/aromatic N) is 5. The maximum absolute atomic E-state index is 5.39. The van der Waals surface area contributed by atoms with Gasteiger partial charge in [-0.25, -0.2) is 15.0 Å². The van der Waals surface area contributed by atoms with E-state index in [1.807, 2.05) is 41.1 Å². The highest BCUT2D eigenvalue weighted by Crippen LogP contribution is 2.32. The molecule has 144 valence electrons. The molecule has 0 amide bonds. The lowest BCUT2D eigenvalue weighted by Crippen LogP contribution is -2.01. The molecule has 0 radical (unpaired) electrons. The highest BCUT2D eigenvalue weighted by molar-refractivity contribution is 5.79. The van der Waals surface area contributed by atoms with Gasteiger partial charge in [0.2, 0.25) is 0 Å². The fourth-order valence-electron chi connectivity index (χ4n) is 3.17. The van der Waals surface area contributed by atoms with Crippen LogP contribution in [0.1, 0.15) is 0 Å². The van der Waals surface area contributed by atoms with E-state index < -0.39 is 0 Å². The van der Waals surface area contributed by atoms with Gasteiger partial charge in [-0.05, 0) is 18.2 Å².